The van der Waals surface area contributed by atoms with Gasteiger partial charge in [0.15, 0.2) is 0 Å². The Hall–Kier alpha value is -0.900. The molecule has 22 heavy (non-hydrogen) atoms. The largest absolute Gasteiger partial charge is 0.367 e. The summed E-state index contributed by atoms with van der Waals surface area (Å²) in [5, 5.41) is 0. The lowest BCUT2D eigenvalue weighted by atomic mass is 9.57. The van der Waals surface area contributed by atoms with Gasteiger partial charge in [-0.3, -0.25) is 14.5 Å². The summed E-state index contributed by atoms with van der Waals surface area (Å²) in [7, 11) is 0. The van der Waals surface area contributed by atoms with E-state index in [1.54, 1.807) is 0 Å². The summed E-state index contributed by atoms with van der Waals surface area (Å²) in [5.74, 6) is -0.447. The lowest BCUT2D eigenvalue weighted by molar-refractivity contribution is -0.154. The standard InChI is InChI=1S/C18H29NO3/c1-15(2,3)10-9-17(7)11-12(18(10,8)22-17)14(21)19(13(11)20)16(4,5)6/h10-12H,9H2,1-8H3. The van der Waals surface area contributed by atoms with E-state index in [4.69, 9.17) is 4.74 Å². The van der Waals surface area contributed by atoms with E-state index in [0.717, 1.165) is 6.42 Å². The molecule has 3 aliphatic heterocycles. The lowest BCUT2D eigenvalue weighted by Gasteiger charge is -2.42. The summed E-state index contributed by atoms with van der Waals surface area (Å²) < 4.78 is 6.39. The average Bonchev–Trinajstić information content (AvgIpc) is 2.79. The average molecular weight is 307 g/mol. The number of hydrogen-bond acceptors (Lipinski definition) is 3. The number of likely N-dealkylation sites (tertiary alicyclic amines) is 1. The molecular formula is C18H29NO3. The molecule has 2 bridgehead atoms. The zero-order valence-corrected chi connectivity index (χ0v) is 15.1. The number of nitrogens with zero attached hydrogens (tertiary/aromatic N) is 1. The fourth-order valence-electron chi connectivity index (χ4n) is 5.38. The molecule has 4 nitrogen and oxygen atoms in total. The van der Waals surface area contributed by atoms with Crippen LogP contribution >= 0.6 is 0 Å². The van der Waals surface area contributed by atoms with Crippen LogP contribution in [0, 0.1) is 23.2 Å². The van der Waals surface area contributed by atoms with E-state index in [0.29, 0.717) is 0 Å². The number of fused-ring (bicyclic) bond motifs is 5. The van der Waals surface area contributed by atoms with Crippen molar-refractivity contribution in [3.63, 3.8) is 0 Å². The summed E-state index contributed by atoms with van der Waals surface area (Å²) in [6, 6.07) is 0. The molecule has 3 saturated heterocycles. The number of ether oxygens (including phenoxy) is 1. The van der Waals surface area contributed by atoms with Crippen LogP contribution in [0.1, 0.15) is 61.8 Å². The molecule has 0 aliphatic carbocycles. The number of carbonyl (C=O) groups excluding carboxylic acids is 2. The molecule has 5 unspecified atom stereocenters. The lowest BCUT2D eigenvalue weighted by Crippen LogP contribution is -2.51. The Balaban J connectivity index is 2.10. The Morgan fingerprint density at radius 2 is 1.50 bits per heavy atom. The van der Waals surface area contributed by atoms with E-state index in [9.17, 15) is 9.59 Å². The van der Waals surface area contributed by atoms with Crippen molar-refractivity contribution in [2.45, 2.75) is 78.6 Å². The van der Waals surface area contributed by atoms with Gasteiger partial charge in [-0.2, -0.15) is 0 Å². The van der Waals surface area contributed by atoms with Crippen LogP contribution < -0.4 is 0 Å². The van der Waals surface area contributed by atoms with Gasteiger partial charge in [0.25, 0.3) is 0 Å². The normalized spacial score (nSPS) is 44.9. The minimum absolute atomic E-state index is 0.0392. The summed E-state index contributed by atoms with van der Waals surface area (Å²) in [4.78, 5) is 27.5. The second-order valence-electron chi connectivity index (χ2n) is 9.86. The first-order valence-corrected chi connectivity index (χ1v) is 8.31. The first kappa shape index (κ1) is 16.0. The van der Waals surface area contributed by atoms with Crippen LogP contribution in [0.15, 0.2) is 0 Å². The molecule has 5 atom stereocenters. The smallest absolute Gasteiger partial charge is 0.236 e. The number of imide groups is 1. The molecule has 0 radical (unpaired) electrons. The molecule has 3 heterocycles. The van der Waals surface area contributed by atoms with Crippen LogP contribution in [0.5, 0.6) is 0 Å². The van der Waals surface area contributed by atoms with Crippen molar-refractivity contribution in [2.75, 3.05) is 0 Å². The highest BCUT2D eigenvalue weighted by Gasteiger charge is 2.77. The molecule has 0 N–H and O–H groups in total. The maximum absolute atomic E-state index is 13.1. The second-order valence-corrected chi connectivity index (χ2v) is 9.86. The van der Waals surface area contributed by atoms with Gasteiger partial charge in [-0.1, -0.05) is 20.8 Å². The maximum Gasteiger partial charge on any atom is 0.236 e. The van der Waals surface area contributed by atoms with Crippen LogP contribution in [0.25, 0.3) is 0 Å². The second kappa shape index (κ2) is 3.95. The molecule has 0 aromatic carbocycles. The zero-order valence-electron chi connectivity index (χ0n) is 15.1. The predicted octanol–water partition coefficient (Wildman–Crippen LogP) is 3.00. The maximum atomic E-state index is 13.1. The van der Waals surface area contributed by atoms with E-state index in [1.165, 1.54) is 4.90 Å². The van der Waals surface area contributed by atoms with Crippen molar-refractivity contribution >= 4 is 11.8 Å². The van der Waals surface area contributed by atoms with E-state index in [-0.39, 0.29) is 35.0 Å². The number of hydrogen-bond donors (Lipinski definition) is 0. The molecule has 124 valence electrons. The van der Waals surface area contributed by atoms with E-state index >= 15 is 0 Å². The highest BCUT2D eigenvalue weighted by molar-refractivity contribution is 6.07. The molecular weight excluding hydrogens is 278 g/mol. The van der Waals surface area contributed by atoms with Crippen molar-refractivity contribution in [1.82, 2.24) is 4.90 Å². The predicted molar refractivity (Wildman–Crippen MR) is 84.0 cm³/mol. The van der Waals surface area contributed by atoms with E-state index < -0.39 is 16.7 Å². The van der Waals surface area contributed by atoms with E-state index in [2.05, 4.69) is 27.7 Å². The third-order valence-electron chi connectivity index (χ3n) is 6.05. The molecule has 3 aliphatic rings. The van der Waals surface area contributed by atoms with Crippen molar-refractivity contribution in [2.24, 2.45) is 23.2 Å². The molecule has 3 rings (SSSR count). The van der Waals surface area contributed by atoms with Crippen LogP contribution in [0.2, 0.25) is 0 Å². The van der Waals surface area contributed by atoms with Crippen molar-refractivity contribution in [1.29, 1.82) is 0 Å². The molecule has 2 amide bonds. The minimum atomic E-state index is -0.537. The third kappa shape index (κ3) is 1.73. The van der Waals surface area contributed by atoms with Crippen LogP contribution in [0.4, 0.5) is 0 Å². The summed E-state index contributed by atoms with van der Waals surface area (Å²) in [5.41, 5.74) is -1.47. The number of rotatable bonds is 0. The van der Waals surface area contributed by atoms with Gasteiger partial charge in [-0.15, -0.1) is 0 Å². The Bertz CT molecular complexity index is 556. The highest BCUT2D eigenvalue weighted by atomic mass is 16.5. The minimum Gasteiger partial charge on any atom is -0.367 e. The molecule has 0 aromatic heterocycles. The molecule has 0 aromatic rings. The molecule has 4 heteroatoms. The quantitative estimate of drug-likeness (QED) is 0.646. The Labute approximate surface area is 133 Å². The van der Waals surface area contributed by atoms with Crippen LogP contribution in [-0.2, 0) is 14.3 Å². The zero-order chi connectivity index (χ0) is 16.9. The van der Waals surface area contributed by atoms with Crippen molar-refractivity contribution < 1.29 is 14.3 Å². The summed E-state index contributed by atoms with van der Waals surface area (Å²) in [6.45, 7) is 16.5. The Morgan fingerprint density at radius 3 is 1.95 bits per heavy atom. The van der Waals surface area contributed by atoms with Gasteiger partial charge in [0.05, 0.1) is 23.0 Å². The number of carbonyl (C=O) groups is 2. The van der Waals surface area contributed by atoms with Gasteiger partial charge in [0.1, 0.15) is 0 Å². The van der Waals surface area contributed by atoms with Gasteiger partial charge < -0.3 is 4.74 Å². The van der Waals surface area contributed by atoms with Crippen LogP contribution in [0.3, 0.4) is 0 Å². The fraction of sp³-hybridized carbons (Fsp3) is 0.889. The number of amides is 2. The summed E-state index contributed by atoms with van der Waals surface area (Å²) >= 11 is 0. The monoisotopic (exact) mass is 307 g/mol. The topological polar surface area (TPSA) is 46.6 Å². The molecule has 0 spiro atoms. The van der Waals surface area contributed by atoms with Gasteiger partial charge in [0.2, 0.25) is 11.8 Å². The highest BCUT2D eigenvalue weighted by Crippen LogP contribution is 2.66. The SMILES string of the molecule is CC(C)(C)C1CC2(C)OC1(C)C1C(=O)N(C(C)(C)C)C(=O)C12. The van der Waals surface area contributed by atoms with Crippen LogP contribution in [-0.4, -0.2) is 33.5 Å². The van der Waals surface area contributed by atoms with Gasteiger partial charge in [0, 0.05) is 5.54 Å². The Kier molecular flexibility index (Phi) is 2.87. The van der Waals surface area contributed by atoms with Gasteiger partial charge in [-0.05, 0) is 52.4 Å². The van der Waals surface area contributed by atoms with Gasteiger partial charge >= 0.3 is 0 Å². The first-order chi connectivity index (χ1) is 9.73. The molecule has 3 fully saturated rings. The van der Waals surface area contributed by atoms with Crippen molar-refractivity contribution in [3.8, 4) is 0 Å². The molecule has 0 saturated carbocycles. The van der Waals surface area contributed by atoms with Crippen molar-refractivity contribution in [3.05, 3.63) is 0 Å². The van der Waals surface area contributed by atoms with Gasteiger partial charge in [-0.25, -0.2) is 0 Å². The summed E-state index contributed by atoms with van der Waals surface area (Å²) in [6.07, 6.45) is 0.852. The first-order valence-electron chi connectivity index (χ1n) is 8.31. The Morgan fingerprint density at radius 1 is 1.00 bits per heavy atom. The third-order valence-corrected chi connectivity index (χ3v) is 6.05. The van der Waals surface area contributed by atoms with E-state index in [1.807, 2.05) is 27.7 Å². The fourth-order valence-corrected chi connectivity index (χ4v) is 5.38.